The minimum Gasteiger partial charge on any atom is -0.367 e. The molecule has 0 amide bonds. The van der Waals surface area contributed by atoms with Crippen molar-refractivity contribution in [3.63, 3.8) is 0 Å². The van der Waals surface area contributed by atoms with E-state index >= 15 is 0 Å². The van der Waals surface area contributed by atoms with Gasteiger partial charge in [-0.15, -0.1) is 0 Å². The van der Waals surface area contributed by atoms with Crippen LogP contribution in [0.3, 0.4) is 0 Å². The molecule has 1 aromatic heterocycles. The molecule has 2 rings (SSSR count). The Morgan fingerprint density at radius 2 is 2.21 bits per heavy atom. The third-order valence-electron chi connectivity index (χ3n) is 3.36. The van der Waals surface area contributed by atoms with E-state index in [1.54, 1.807) is 0 Å². The first kappa shape index (κ1) is 9.50. The summed E-state index contributed by atoms with van der Waals surface area (Å²) < 4.78 is 0. The van der Waals surface area contributed by atoms with Crippen LogP contribution in [0.2, 0.25) is 0 Å². The van der Waals surface area contributed by atoms with E-state index in [-0.39, 0.29) is 0 Å². The molecule has 0 spiro atoms. The second-order valence-electron chi connectivity index (χ2n) is 4.74. The van der Waals surface area contributed by atoms with E-state index in [0.29, 0.717) is 11.5 Å². The van der Waals surface area contributed by atoms with Crippen molar-refractivity contribution in [3.05, 3.63) is 23.9 Å². The summed E-state index contributed by atoms with van der Waals surface area (Å²) in [7, 11) is 0. The molecule has 2 heteroatoms. The van der Waals surface area contributed by atoms with Gasteiger partial charge in [0.2, 0.25) is 0 Å². The topological polar surface area (TPSA) is 24.9 Å². The minimum absolute atomic E-state index is 0.505. The summed E-state index contributed by atoms with van der Waals surface area (Å²) in [5, 5.41) is 3.47. The van der Waals surface area contributed by atoms with Crippen LogP contribution in [0.5, 0.6) is 0 Å². The van der Waals surface area contributed by atoms with Crippen molar-refractivity contribution in [1.29, 1.82) is 0 Å². The second-order valence-corrected chi connectivity index (χ2v) is 4.74. The number of aromatic nitrogens is 1. The fraction of sp³-hybridized carbons (Fsp3) is 0.583. The van der Waals surface area contributed by atoms with Crippen LogP contribution < -0.4 is 5.32 Å². The lowest BCUT2D eigenvalue weighted by atomic mass is 10.0. The third-order valence-corrected chi connectivity index (χ3v) is 3.36. The summed E-state index contributed by atoms with van der Waals surface area (Å²) in [6.45, 7) is 6.67. The van der Waals surface area contributed by atoms with Crippen LogP contribution in [0.1, 0.15) is 32.3 Å². The van der Waals surface area contributed by atoms with Gasteiger partial charge in [0.1, 0.15) is 5.82 Å². The molecule has 1 unspecified atom stereocenters. The highest BCUT2D eigenvalue weighted by Crippen LogP contribution is 2.48. The molecule has 1 N–H and O–H groups in total. The van der Waals surface area contributed by atoms with Crippen LogP contribution in [0.4, 0.5) is 5.82 Å². The summed E-state index contributed by atoms with van der Waals surface area (Å²) in [6.07, 6.45) is 4.54. The lowest BCUT2D eigenvalue weighted by molar-refractivity contribution is 0.492. The van der Waals surface area contributed by atoms with Gasteiger partial charge in [0.05, 0.1) is 0 Å². The molecule has 0 radical (unpaired) electrons. The maximum Gasteiger partial charge on any atom is 0.126 e. The summed E-state index contributed by atoms with van der Waals surface area (Å²) in [6, 6.07) is 4.65. The van der Waals surface area contributed by atoms with E-state index in [1.807, 2.05) is 12.3 Å². The fourth-order valence-electron chi connectivity index (χ4n) is 1.64. The molecule has 14 heavy (non-hydrogen) atoms. The number of aryl methyl sites for hydroxylation is 1. The first-order valence-electron chi connectivity index (χ1n) is 5.29. The maximum atomic E-state index is 4.31. The maximum absolute atomic E-state index is 4.31. The molecule has 1 atom stereocenters. The normalized spacial score (nSPS) is 20.2. The van der Waals surface area contributed by atoms with Crippen LogP contribution in [0.15, 0.2) is 18.3 Å². The van der Waals surface area contributed by atoms with Crippen LogP contribution >= 0.6 is 0 Å². The molecular formula is C12H18N2. The Labute approximate surface area is 85.7 Å². The predicted octanol–water partition coefficient (Wildman–Crippen LogP) is 2.99. The Balaban J connectivity index is 2.03. The molecule has 1 saturated carbocycles. The van der Waals surface area contributed by atoms with Gasteiger partial charge in [-0.1, -0.05) is 6.92 Å². The zero-order valence-corrected chi connectivity index (χ0v) is 9.17. The first-order valence-corrected chi connectivity index (χ1v) is 5.29. The summed E-state index contributed by atoms with van der Waals surface area (Å²) in [5.41, 5.74) is 1.77. The van der Waals surface area contributed by atoms with Gasteiger partial charge >= 0.3 is 0 Å². The van der Waals surface area contributed by atoms with Gasteiger partial charge in [0, 0.05) is 12.2 Å². The zero-order chi connectivity index (χ0) is 10.2. The van der Waals surface area contributed by atoms with E-state index in [1.165, 1.54) is 18.4 Å². The van der Waals surface area contributed by atoms with Gasteiger partial charge in [-0.2, -0.15) is 0 Å². The molecule has 1 fully saturated rings. The average molecular weight is 190 g/mol. The van der Waals surface area contributed by atoms with E-state index in [9.17, 15) is 0 Å². The van der Waals surface area contributed by atoms with Crippen molar-refractivity contribution in [3.8, 4) is 0 Å². The third kappa shape index (κ3) is 1.89. The molecule has 0 aromatic carbocycles. The number of hydrogen-bond donors (Lipinski definition) is 1. The van der Waals surface area contributed by atoms with Gasteiger partial charge in [-0.3, -0.25) is 0 Å². The largest absolute Gasteiger partial charge is 0.367 e. The van der Waals surface area contributed by atoms with Crippen LogP contribution in [-0.4, -0.2) is 11.0 Å². The number of anilines is 1. The summed E-state index contributed by atoms with van der Waals surface area (Å²) >= 11 is 0. The van der Waals surface area contributed by atoms with Gasteiger partial charge in [-0.25, -0.2) is 4.98 Å². The lowest BCUT2D eigenvalue weighted by Crippen LogP contribution is -2.25. The van der Waals surface area contributed by atoms with Gasteiger partial charge in [0.25, 0.3) is 0 Å². The highest BCUT2D eigenvalue weighted by molar-refractivity contribution is 5.38. The number of pyridine rings is 1. The van der Waals surface area contributed by atoms with E-state index in [2.05, 4.69) is 37.1 Å². The first-order chi connectivity index (χ1) is 6.60. The molecule has 0 aliphatic heterocycles. The van der Waals surface area contributed by atoms with Gasteiger partial charge in [0.15, 0.2) is 0 Å². The van der Waals surface area contributed by atoms with E-state index in [4.69, 9.17) is 0 Å². The molecule has 1 heterocycles. The highest BCUT2D eigenvalue weighted by Gasteiger charge is 2.42. The number of hydrogen-bond acceptors (Lipinski definition) is 2. The molecule has 0 bridgehead atoms. The van der Waals surface area contributed by atoms with Crippen molar-refractivity contribution in [1.82, 2.24) is 4.98 Å². The SMILES string of the molecule is Cc1ccnc(NC(C)C2(C)CC2)c1. The Kier molecular flexibility index (Phi) is 2.22. The standard InChI is InChI=1S/C12H18N2/c1-9-4-7-13-11(8-9)14-10(2)12(3)5-6-12/h4,7-8,10H,5-6H2,1-3H3,(H,13,14). The Bertz CT molecular complexity index is 329. The molecule has 2 nitrogen and oxygen atoms in total. The predicted molar refractivity (Wildman–Crippen MR) is 59.4 cm³/mol. The molecular weight excluding hydrogens is 172 g/mol. The van der Waals surface area contributed by atoms with Crippen molar-refractivity contribution in [2.75, 3.05) is 5.32 Å². The van der Waals surface area contributed by atoms with Crippen molar-refractivity contribution < 1.29 is 0 Å². The average Bonchev–Trinajstić information content (AvgIpc) is 2.85. The van der Waals surface area contributed by atoms with E-state index < -0.39 is 0 Å². The fourth-order valence-corrected chi connectivity index (χ4v) is 1.64. The van der Waals surface area contributed by atoms with Crippen LogP contribution in [-0.2, 0) is 0 Å². The Hall–Kier alpha value is -1.05. The molecule has 1 aliphatic carbocycles. The highest BCUT2D eigenvalue weighted by atomic mass is 15.0. The smallest absolute Gasteiger partial charge is 0.126 e. The molecule has 0 saturated heterocycles. The number of nitrogens with zero attached hydrogens (tertiary/aromatic N) is 1. The van der Waals surface area contributed by atoms with E-state index in [0.717, 1.165) is 5.82 Å². The lowest BCUT2D eigenvalue weighted by Gasteiger charge is -2.20. The van der Waals surface area contributed by atoms with Gasteiger partial charge in [-0.05, 0) is 49.8 Å². The summed E-state index contributed by atoms with van der Waals surface area (Å²) in [4.78, 5) is 4.31. The number of rotatable bonds is 3. The quantitative estimate of drug-likeness (QED) is 0.792. The summed E-state index contributed by atoms with van der Waals surface area (Å²) in [5.74, 6) is 1.01. The van der Waals surface area contributed by atoms with Gasteiger partial charge < -0.3 is 5.32 Å². The number of nitrogens with one attached hydrogen (secondary N) is 1. The zero-order valence-electron chi connectivity index (χ0n) is 9.17. The monoisotopic (exact) mass is 190 g/mol. The molecule has 1 aromatic rings. The van der Waals surface area contributed by atoms with Crippen LogP contribution in [0, 0.1) is 12.3 Å². The van der Waals surface area contributed by atoms with Crippen molar-refractivity contribution >= 4 is 5.82 Å². The van der Waals surface area contributed by atoms with Crippen LogP contribution in [0.25, 0.3) is 0 Å². The van der Waals surface area contributed by atoms with Crippen molar-refractivity contribution in [2.45, 2.75) is 39.7 Å². The second kappa shape index (κ2) is 3.26. The van der Waals surface area contributed by atoms with Crippen molar-refractivity contribution in [2.24, 2.45) is 5.41 Å². The Morgan fingerprint density at radius 1 is 1.50 bits per heavy atom. The molecule has 76 valence electrons. The Morgan fingerprint density at radius 3 is 2.79 bits per heavy atom. The minimum atomic E-state index is 0.505. The molecule has 1 aliphatic rings.